The first kappa shape index (κ1) is 11.7. The second-order valence-electron chi connectivity index (χ2n) is 2.40. The highest BCUT2D eigenvalue weighted by Crippen LogP contribution is 2.04. The average molecular weight is 202 g/mol. The van der Waals surface area contributed by atoms with Gasteiger partial charge in [-0.2, -0.15) is 0 Å². The standard InChI is InChI=1S/C8H11N3O.ClH/c9-7(11-8(10)12)6-4-2-1-3-5-6;/h1-5,7H,9H2,(H3,10,11,12);1H. The van der Waals surface area contributed by atoms with Gasteiger partial charge in [0.1, 0.15) is 6.17 Å². The molecule has 0 bridgehead atoms. The predicted octanol–water partition coefficient (Wildman–Crippen LogP) is 0.734. The van der Waals surface area contributed by atoms with Crippen molar-refractivity contribution in [1.29, 1.82) is 0 Å². The highest BCUT2D eigenvalue weighted by Gasteiger charge is 2.04. The third kappa shape index (κ3) is 3.78. The van der Waals surface area contributed by atoms with E-state index in [1.807, 2.05) is 30.3 Å². The Labute approximate surface area is 82.7 Å². The van der Waals surface area contributed by atoms with Gasteiger partial charge in [0, 0.05) is 0 Å². The zero-order valence-corrected chi connectivity index (χ0v) is 7.75. The fourth-order valence-electron chi connectivity index (χ4n) is 0.897. The van der Waals surface area contributed by atoms with Gasteiger partial charge >= 0.3 is 6.03 Å². The molecule has 0 aromatic heterocycles. The molecule has 0 aliphatic carbocycles. The zero-order valence-electron chi connectivity index (χ0n) is 6.94. The first-order valence-corrected chi connectivity index (χ1v) is 3.56. The smallest absolute Gasteiger partial charge is 0.313 e. The van der Waals surface area contributed by atoms with E-state index in [1.54, 1.807) is 0 Å². The van der Waals surface area contributed by atoms with Gasteiger partial charge in [0.25, 0.3) is 0 Å². The van der Waals surface area contributed by atoms with Crippen LogP contribution in [-0.4, -0.2) is 6.03 Å². The summed E-state index contributed by atoms with van der Waals surface area (Å²) >= 11 is 0. The summed E-state index contributed by atoms with van der Waals surface area (Å²) in [5.74, 6) is 0. The van der Waals surface area contributed by atoms with E-state index >= 15 is 0 Å². The van der Waals surface area contributed by atoms with Crippen LogP contribution in [-0.2, 0) is 0 Å². The molecule has 5 heteroatoms. The van der Waals surface area contributed by atoms with Crippen LogP contribution in [0.1, 0.15) is 11.7 Å². The molecule has 0 saturated carbocycles. The highest BCUT2D eigenvalue weighted by atomic mass is 35.5. The van der Waals surface area contributed by atoms with Crippen LogP contribution in [0.5, 0.6) is 0 Å². The molecule has 0 spiro atoms. The molecule has 0 radical (unpaired) electrons. The van der Waals surface area contributed by atoms with Crippen LogP contribution >= 0.6 is 12.4 Å². The predicted molar refractivity (Wildman–Crippen MR) is 53.3 cm³/mol. The number of urea groups is 1. The Bertz CT molecular complexity index is 265. The summed E-state index contributed by atoms with van der Waals surface area (Å²) < 4.78 is 0. The summed E-state index contributed by atoms with van der Waals surface area (Å²) in [5, 5.41) is 2.38. The Balaban J connectivity index is 0.00000144. The van der Waals surface area contributed by atoms with Gasteiger partial charge in [0.2, 0.25) is 0 Å². The second-order valence-corrected chi connectivity index (χ2v) is 2.40. The van der Waals surface area contributed by atoms with Crippen molar-refractivity contribution in [2.45, 2.75) is 6.17 Å². The Kier molecular flexibility index (Phi) is 4.87. The van der Waals surface area contributed by atoms with E-state index in [0.717, 1.165) is 5.56 Å². The normalized spacial score (nSPS) is 11.2. The molecule has 1 atom stereocenters. The molecule has 1 aromatic carbocycles. The molecule has 0 saturated heterocycles. The summed E-state index contributed by atoms with van der Waals surface area (Å²) in [5.41, 5.74) is 11.3. The van der Waals surface area contributed by atoms with E-state index in [1.165, 1.54) is 0 Å². The maximum absolute atomic E-state index is 10.4. The van der Waals surface area contributed by atoms with Gasteiger partial charge in [-0.15, -0.1) is 12.4 Å². The van der Waals surface area contributed by atoms with Gasteiger partial charge < -0.3 is 16.8 Å². The fourth-order valence-corrected chi connectivity index (χ4v) is 0.897. The number of hydrogen-bond acceptors (Lipinski definition) is 2. The SMILES string of the molecule is Cl.NC(=O)NC(N)c1ccccc1. The molecule has 72 valence electrons. The third-order valence-corrected chi connectivity index (χ3v) is 1.46. The molecular weight excluding hydrogens is 190 g/mol. The number of carbonyl (C=O) groups is 1. The zero-order chi connectivity index (χ0) is 8.97. The van der Waals surface area contributed by atoms with Crippen LogP contribution in [0.3, 0.4) is 0 Å². The number of nitrogens with one attached hydrogen (secondary N) is 1. The van der Waals surface area contributed by atoms with Crippen molar-refractivity contribution in [3.05, 3.63) is 35.9 Å². The molecule has 0 aliphatic heterocycles. The van der Waals surface area contributed by atoms with Crippen LogP contribution in [0.4, 0.5) is 4.79 Å². The molecule has 5 N–H and O–H groups in total. The first-order chi connectivity index (χ1) is 5.70. The Morgan fingerprint density at radius 2 is 1.85 bits per heavy atom. The molecule has 0 fully saturated rings. The van der Waals surface area contributed by atoms with E-state index in [9.17, 15) is 4.79 Å². The molecule has 2 amide bonds. The van der Waals surface area contributed by atoms with Crippen LogP contribution in [0, 0.1) is 0 Å². The summed E-state index contributed by atoms with van der Waals surface area (Å²) in [6, 6.07) is 8.59. The lowest BCUT2D eigenvalue weighted by molar-refractivity contribution is 0.245. The maximum Gasteiger partial charge on any atom is 0.313 e. The van der Waals surface area contributed by atoms with E-state index in [-0.39, 0.29) is 12.4 Å². The second kappa shape index (κ2) is 5.40. The van der Waals surface area contributed by atoms with Crippen molar-refractivity contribution in [3.8, 4) is 0 Å². The minimum Gasteiger partial charge on any atom is -0.352 e. The van der Waals surface area contributed by atoms with E-state index in [4.69, 9.17) is 11.5 Å². The van der Waals surface area contributed by atoms with Crippen molar-refractivity contribution in [1.82, 2.24) is 5.32 Å². The van der Waals surface area contributed by atoms with Crippen LogP contribution in [0.2, 0.25) is 0 Å². The first-order valence-electron chi connectivity index (χ1n) is 3.56. The van der Waals surface area contributed by atoms with Gasteiger partial charge in [-0.25, -0.2) is 4.79 Å². The number of rotatable bonds is 2. The van der Waals surface area contributed by atoms with E-state index in [0.29, 0.717) is 0 Å². The molecule has 1 unspecified atom stereocenters. The van der Waals surface area contributed by atoms with Gasteiger partial charge in [-0.05, 0) is 5.56 Å². The minimum atomic E-state index is -0.619. The lowest BCUT2D eigenvalue weighted by Gasteiger charge is -2.11. The molecular formula is C8H12ClN3O. The summed E-state index contributed by atoms with van der Waals surface area (Å²) in [6.07, 6.45) is -0.524. The number of halogens is 1. The molecule has 0 aliphatic rings. The van der Waals surface area contributed by atoms with Crippen molar-refractivity contribution in [3.63, 3.8) is 0 Å². The van der Waals surface area contributed by atoms with E-state index < -0.39 is 12.2 Å². The summed E-state index contributed by atoms with van der Waals surface area (Å²) in [4.78, 5) is 10.4. The summed E-state index contributed by atoms with van der Waals surface area (Å²) in [7, 11) is 0. The van der Waals surface area contributed by atoms with Crippen molar-refractivity contribution in [2.24, 2.45) is 11.5 Å². The van der Waals surface area contributed by atoms with Gasteiger partial charge in [-0.1, -0.05) is 30.3 Å². The number of nitrogens with two attached hydrogens (primary N) is 2. The lowest BCUT2D eigenvalue weighted by Crippen LogP contribution is -2.37. The van der Waals surface area contributed by atoms with Crippen molar-refractivity contribution in [2.75, 3.05) is 0 Å². The van der Waals surface area contributed by atoms with Crippen molar-refractivity contribution < 1.29 is 4.79 Å². The van der Waals surface area contributed by atoms with Gasteiger partial charge in [-0.3, -0.25) is 0 Å². The monoisotopic (exact) mass is 201 g/mol. The van der Waals surface area contributed by atoms with Crippen LogP contribution in [0.15, 0.2) is 30.3 Å². The van der Waals surface area contributed by atoms with Crippen LogP contribution in [0.25, 0.3) is 0 Å². The highest BCUT2D eigenvalue weighted by molar-refractivity contribution is 5.85. The van der Waals surface area contributed by atoms with Gasteiger partial charge in [0.15, 0.2) is 0 Å². The Morgan fingerprint density at radius 3 is 2.31 bits per heavy atom. The lowest BCUT2D eigenvalue weighted by atomic mass is 10.2. The Morgan fingerprint density at radius 1 is 1.31 bits per heavy atom. The minimum absolute atomic E-state index is 0. The largest absolute Gasteiger partial charge is 0.352 e. The average Bonchev–Trinajstić information content (AvgIpc) is 2.05. The number of benzene rings is 1. The van der Waals surface area contributed by atoms with Crippen LogP contribution < -0.4 is 16.8 Å². The molecule has 1 aromatic rings. The number of primary amides is 1. The number of amides is 2. The molecule has 1 rings (SSSR count). The molecule has 13 heavy (non-hydrogen) atoms. The van der Waals surface area contributed by atoms with Gasteiger partial charge in [0.05, 0.1) is 0 Å². The number of hydrogen-bond donors (Lipinski definition) is 3. The molecule has 0 heterocycles. The quantitative estimate of drug-likeness (QED) is 0.617. The Hall–Kier alpha value is -1.26. The van der Waals surface area contributed by atoms with E-state index in [2.05, 4.69) is 5.32 Å². The topological polar surface area (TPSA) is 81.1 Å². The number of carbonyl (C=O) groups excluding carboxylic acids is 1. The third-order valence-electron chi connectivity index (χ3n) is 1.46. The fraction of sp³-hybridized carbons (Fsp3) is 0.125. The van der Waals surface area contributed by atoms with Crippen molar-refractivity contribution >= 4 is 18.4 Å². The summed E-state index contributed by atoms with van der Waals surface area (Å²) in [6.45, 7) is 0. The molecule has 4 nitrogen and oxygen atoms in total. The maximum atomic E-state index is 10.4.